The predicted molar refractivity (Wildman–Crippen MR) is 107 cm³/mol. The van der Waals surface area contributed by atoms with Gasteiger partial charge in [0, 0.05) is 50.5 Å². The van der Waals surface area contributed by atoms with Gasteiger partial charge in [0.05, 0.1) is 24.6 Å². The lowest BCUT2D eigenvalue weighted by Crippen LogP contribution is -2.36. The van der Waals surface area contributed by atoms with Gasteiger partial charge in [0.25, 0.3) is 0 Å². The second-order valence-electron chi connectivity index (χ2n) is 6.78. The van der Waals surface area contributed by atoms with E-state index in [0.717, 1.165) is 25.2 Å². The molecule has 0 bridgehead atoms. The Morgan fingerprint density at radius 1 is 1.04 bits per heavy atom. The number of nitrogens with one attached hydrogen (secondary N) is 2. The summed E-state index contributed by atoms with van der Waals surface area (Å²) in [6.07, 6.45) is 3.74. The van der Waals surface area contributed by atoms with Gasteiger partial charge in [-0.2, -0.15) is 0 Å². The number of pyridine rings is 1. The van der Waals surface area contributed by atoms with Crippen LogP contribution in [0.1, 0.15) is 13.3 Å². The second kappa shape index (κ2) is 9.27. The molecule has 3 rings (SSSR count). The first kappa shape index (κ1) is 19.8. The summed E-state index contributed by atoms with van der Waals surface area (Å²) in [5.41, 5.74) is 2.14. The number of benzene rings is 1. The number of hydrogen-bond donors (Lipinski definition) is 2. The van der Waals surface area contributed by atoms with E-state index in [1.165, 1.54) is 19.2 Å². The Morgan fingerprint density at radius 2 is 1.75 bits per heavy atom. The first-order valence-corrected chi connectivity index (χ1v) is 9.25. The molecule has 0 unspecified atom stereocenters. The van der Waals surface area contributed by atoms with Gasteiger partial charge in [-0.25, -0.2) is 4.39 Å². The maximum absolute atomic E-state index is 13.4. The fourth-order valence-electron chi connectivity index (χ4n) is 3.20. The normalized spacial score (nSPS) is 15.0. The van der Waals surface area contributed by atoms with Crippen LogP contribution in [-0.2, 0) is 9.59 Å². The lowest BCUT2D eigenvalue weighted by atomic mass is 10.2. The van der Waals surface area contributed by atoms with Crippen molar-refractivity contribution >= 4 is 28.9 Å². The van der Waals surface area contributed by atoms with Crippen molar-refractivity contribution in [3.8, 4) is 0 Å². The molecule has 1 aromatic heterocycles. The third-order valence-corrected chi connectivity index (χ3v) is 4.50. The van der Waals surface area contributed by atoms with Gasteiger partial charge in [-0.15, -0.1) is 0 Å². The van der Waals surface area contributed by atoms with Crippen LogP contribution in [0.25, 0.3) is 0 Å². The number of anilines is 3. The molecule has 1 aromatic carbocycles. The number of hydrogen-bond acceptors (Lipinski definition) is 5. The molecule has 1 saturated heterocycles. The van der Waals surface area contributed by atoms with E-state index in [0.29, 0.717) is 31.0 Å². The highest BCUT2D eigenvalue weighted by atomic mass is 19.1. The highest BCUT2D eigenvalue weighted by Crippen LogP contribution is 2.17. The number of aromatic nitrogens is 1. The quantitative estimate of drug-likeness (QED) is 0.826. The van der Waals surface area contributed by atoms with Crippen molar-refractivity contribution in [2.75, 3.05) is 48.3 Å². The monoisotopic (exact) mass is 385 g/mol. The molecule has 0 aliphatic carbocycles. The van der Waals surface area contributed by atoms with Gasteiger partial charge in [-0.3, -0.25) is 19.5 Å². The van der Waals surface area contributed by atoms with Gasteiger partial charge < -0.3 is 15.5 Å². The number of rotatable bonds is 5. The van der Waals surface area contributed by atoms with E-state index in [4.69, 9.17) is 0 Å². The molecule has 0 atom stereocenters. The third-order valence-electron chi connectivity index (χ3n) is 4.50. The fraction of sp³-hybridized carbons (Fsp3) is 0.350. The SMILES string of the molecule is CC(=O)Nc1ccc(NC(=O)CN2CCCN(c3cncc(F)c3)CC2)cc1. The van der Waals surface area contributed by atoms with Crippen LogP contribution >= 0.6 is 0 Å². The van der Waals surface area contributed by atoms with Crippen LogP contribution in [0.4, 0.5) is 21.5 Å². The highest BCUT2D eigenvalue weighted by Gasteiger charge is 2.18. The molecular weight excluding hydrogens is 361 g/mol. The van der Waals surface area contributed by atoms with Crippen LogP contribution in [0.5, 0.6) is 0 Å². The summed E-state index contributed by atoms with van der Waals surface area (Å²) in [5, 5.41) is 5.56. The number of amides is 2. The summed E-state index contributed by atoms with van der Waals surface area (Å²) in [5.74, 6) is -0.573. The van der Waals surface area contributed by atoms with Gasteiger partial charge in [-0.05, 0) is 30.7 Å². The molecule has 2 N–H and O–H groups in total. The minimum absolute atomic E-state index is 0.0897. The molecule has 0 radical (unpaired) electrons. The Bertz CT molecular complexity index is 828. The summed E-state index contributed by atoms with van der Waals surface area (Å²) in [4.78, 5) is 31.5. The number of halogens is 1. The summed E-state index contributed by atoms with van der Waals surface area (Å²) >= 11 is 0. The molecule has 28 heavy (non-hydrogen) atoms. The van der Waals surface area contributed by atoms with Crippen LogP contribution < -0.4 is 15.5 Å². The first-order chi connectivity index (χ1) is 13.5. The van der Waals surface area contributed by atoms with Crippen LogP contribution in [0.2, 0.25) is 0 Å². The molecule has 2 amide bonds. The van der Waals surface area contributed by atoms with E-state index in [1.54, 1.807) is 30.5 Å². The maximum atomic E-state index is 13.4. The Labute approximate surface area is 163 Å². The first-order valence-electron chi connectivity index (χ1n) is 9.25. The summed E-state index contributed by atoms with van der Waals surface area (Å²) in [6, 6.07) is 8.48. The van der Waals surface area contributed by atoms with E-state index >= 15 is 0 Å². The van der Waals surface area contributed by atoms with Crippen LogP contribution in [0.3, 0.4) is 0 Å². The molecule has 148 valence electrons. The van der Waals surface area contributed by atoms with Gasteiger partial charge in [0.15, 0.2) is 0 Å². The Morgan fingerprint density at radius 3 is 2.43 bits per heavy atom. The lowest BCUT2D eigenvalue weighted by Gasteiger charge is -2.23. The van der Waals surface area contributed by atoms with Crippen molar-refractivity contribution in [2.24, 2.45) is 0 Å². The molecule has 0 spiro atoms. The molecule has 7 nitrogen and oxygen atoms in total. The smallest absolute Gasteiger partial charge is 0.238 e. The minimum Gasteiger partial charge on any atom is -0.369 e. The van der Waals surface area contributed by atoms with Crippen molar-refractivity contribution < 1.29 is 14.0 Å². The Hall–Kier alpha value is -3.00. The van der Waals surface area contributed by atoms with Crippen molar-refractivity contribution in [3.63, 3.8) is 0 Å². The predicted octanol–water partition coefficient (Wildman–Crippen LogP) is 2.33. The van der Waals surface area contributed by atoms with Crippen molar-refractivity contribution in [1.29, 1.82) is 0 Å². The van der Waals surface area contributed by atoms with Crippen molar-refractivity contribution in [2.45, 2.75) is 13.3 Å². The Balaban J connectivity index is 1.50. The van der Waals surface area contributed by atoms with Gasteiger partial charge in [0.2, 0.25) is 11.8 Å². The van der Waals surface area contributed by atoms with E-state index in [-0.39, 0.29) is 17.6 Å². The van der Waals surface area contributed by atoms with Gasteiger partial charge >= 0.3 is 0 Å². The molecule has 8 heteroatoms. The average Bonchev–Trinajstić information content (AvgIpc) is 2.88. The van der Waals surface area contributed by atoms with Crippen LogP contribution in [-0.4, -0.2) is 54.4 Å². The summed E-state index contributed by atoms with van der Waals surface area (Å²) < 4.78 is 13.4. The highest BCUT2D eigenvalue weighted by molar-refractivity contribution is 5.93. The molecule has 2 heterocycles. The lowest BCUT2D eigenvalue weighted by molar-refractivity contribution is -0.117. The number of nitrogens with zero attached hydrogens (tertiary/aromatic N) is 3. The molecule has 1 aliphatic rings. The fourth-order valence-corrected chi connectivity index (χ4v) is 3.20. The molecule has 2 aromatic rings. The van der Waals surface area contributed by atoms with Crippen molar-refractivity contribution in [1.82, 2.24) is 9.88 Å². The zero-order valence-corrected chi connectivity index (χ0v) is 15.8. The zero-order valence-electron chi connectivity index (χ0n) is 15.8. The van der Waals surface area contributed by atoms with E-state index in [2.05, 4.69) is 25.4 Å². The third kappa shape index (κ3) is 5.75. The minimum atomic E-state index is -0.345. The van der Waals surface area contributed by atoms with Crippen molar-refractivity contribution in [3.05, 3.63) is 48.5 Å². The van der Waals surface area contributed by atoms with E-state index in [1.807, 2.05) is 0 Å². The Kier molecular flexibility index (Phi) is 6.54. The molecule has 1 aliphatic heterocycles. The van der Waals surface area contributed by atoms with E-state index < -0.39 is 0 Å². The van der Waals surface area contributed by atoms with Crippen LogP contribution in [0, 0.1) is 5.82 Å². The largest absolute Gasteiger partial charge is 0.369 e. The molecule has 0 saturated carbocycles. The van der Waals surface area contributed by atoms with Crippen LogP contribution in [0.15, 0.2) is 42.7 Å². The molecule has 1 fully saturated rings. The summed E-state index contributed by atoms with van der Waals surface area (Å²) in [7, 11) is 0. The summed E-state index contributed by atoms with van der Waals surface area (Å²) in [6.45, 7) is 4.77. The van der Waals surface area contributed by atoms with Gasteiger partial charge in [0.1, 0.15) is 5.82 Å². The number of carbonyl (C=O) groups is 2. The van der Waals surface area contributed by atoms with E-state index in [9.17, 15) is 14.0 Å². The number of carbonyl (C=O) groups excluding carboxylic acids is 2. The maximum Gasteiger partial charge on any atom is 0.238 e. The topological polar surface area (TPSA) is 77.6 Å². The zero-order chi connectivity index (χ0) is 19.9. The molecular formula is C20H24FN5O2. The van der Waals surface area contributed by atoms with Gasteiger partial charge in [-0.1, -0.05) is 0 Å². The second-order valence-corrected chi connectivity index (χ2v) is 6.78. The standard InChI is InChI=1S/C20H24FN5O2/c1-15(27)23-17-3-5-18(6-4-17)24-20(28)14-25-7-2-8-26(10-9-25)19-11-16(21)12-22-13-19/h3-6,11-13H,2,7-10,14H2,1H3,(H,23,27)(H,24,28). The average molecular weight is 385 g/mol.